The Kier molecular flexibility index (Phi) is 5.58. The third-order valence-electron chi connectivity index (χ3n) is 6.03. The van der Waals surface area contributed by atoms with E-state index in [0.717, 1.165) is 33.9 Å². The first-order valence-corrected chi connectivity index (χ1v) is 11.2. The quantitative estimate of drug-likeness (QED) is 0.388. The number of para-hydroxylation sites is 3. The van der Waals surface area contributed by atoms with Gasteiger partial charge in [0.1, 0.15) is 18.2 Å². The zero-order valence-corrected chi connectivity index (χ0v) is 18.6. The van der Waals surface area contributed by atoms with Gasteiger partial charge in [0.05, 0.1) is 17.6 Å². The van der Waals surface area contributed by atoms with Crippen LogP contribution in [0.3, 0.4) is 0 Å². The number of ether oxygens (including phenoxy) is 1. The minimum atomic E-state index is 0.00464. The highest BCUT2D eigenvalue weighted by molar-refractivity contribution is 6.31. The molecule has 1 aliphatic heterocycles. The van der Waals surface area contributed by atoms with Crippen LogP contribution < -0.4 is 9.64 Å². The van der Waals surface area contributed by atoms with Crippen molar-refractivity contribution in [1.82, 2.24) is 9.55 Å². The second-order valence-corrected chi connectivity index (χ2v) is 8.47. The molecule has 1 aliphatic rings. The highest BCUT2D eigenvalue weighted by Crippen LogP contribution is 2.36. The summed E-state index contributed by atoms with van der Waals surface area (Å²) < 4.78 is 8.14. The van der Waals surface area contributed by atoms with Gasteiger partial charge in [0.25, 0.3) is 0 Å². The average molecular weight is 446 g/mol. The number of nitrogens with zero attached hydrogens (tertiary/aromatic N) is 3. The van der Waals surface area contributed by atoms with Gasteiger partial charge in [-0.15, -0.1) is 0 Å². The number of carbonyl (C=O) groups is 1. The molecule has 0 spiro atoms. The molecule has 1 amide bonds. The van der Waals surface area contributed by atoms with E-state index in [4.69, 9.17) is 21.3 Å². The van der Waals surface area contributed by atoms with Crippen molar-refractivity contribution in [2.24, 2.45) is 0 Å². The lowest BCUT2D eigenvalue weighted by Gasteiger charge is -2.20. The first kappa shape index (κ1) is 20.6. The molecule has 32 heavy (non-hydrogen) atoms. The van der Waals surface area contributed by atoms with E-state index in [9.17, 15) is 4.79 Å². The molecule has 5 nitrogen and oxygen atoms in total. The Balaban J connectivity index is 1.43. The number of rotatable bonds is 6. The van der Waals surface area contributed by atoms with E-state index in [2.05, 4.69) is 10.6 Å². The Morgan fingerprint density at radius 2 is 1.81 bits per heavy atom. The number of hydrogen-bond acceptors (Lipinski definition) is 3. The maximum Gasteiger partial charge on any atom is 0.227 e. The molecular formula is C26H24ClN3O2. The van der Waals surface area contributed by atoms with Crippen LogP contribution in [0.5, 0.6) is 5.75 Å². The van der Waals surface area contributed by atoms with Gasteiger partial charge in [-0.05, 0) is 48.9 Å². The molecule has 0 aliphatic carbocycles. The standard InChI is InChI=1S/C26H24ClN3O2/c1-18-21(27)10-7-13-23(18)30-17-19(16-25(30)31)26-28-22-11-5-6-12-24(22)29(26)14-15-32-20-8-3-2-4-9-20/h2-13,19H,14-17H2,1H3/t19-/m0/s1. The maximum absolute atomic E-state index is 13.0. The molecule has 2 heterocycles. The fraction of sp³-hybridized carbons (Fsp3) is 0.231. The van der Waals surface area contributed by atoms with Gasteiger partial charge < -0.3 is 14.2 Å². The van der Waals surface area contributed by atoms with Gasteiger partial charge in [-0.2, -0.15) is 0 Å². The lowest BCUT2D eigenvalue weighted by molar-refractivity contribution is -0.117. The summed E-state index contributed by atoms with van der Waals surface area (Å²) in [5, 5.41) is 0.670. The Bertz CT molecular complexity index is 1270. The van der Waals surface area contributed by atoms with Gasteiger partial charge in [-0.1, -0.05) is 48.0 Å². The van der Waals surface area contributed by atoms with Crippen molar-refractivity contribution in [2.45, 2.75) is 25.8 Å². The molecule has 1 aromatic heterocycles. The van der Waals surface area contributed by atoms with Crippen molar-refractivity contribution >= 4 is 34.2 Å². The van der Waals surface area contributed by atoms with Gasteiger partial charge in [0.15, 0.2) is 0 Å². The number of anilines is 1. The average Bonchev–Trinajstić information content (AvgIpc) is 3.37. The highest BCUT2D eigenvalue weighted by atomic mass is 35.5. The minimum Gasteiger partial charge on any atom is -0.492 e. The lowest BCUT2D eigenvalue weighted by Crippen LogP contribution is -2.25. The van der Waals surface area contributed by atoms with Crippen LogP contribution in [0.1, 0.15) is 23.7 Å². The van der Waals surface area contributed by atoms with Crippen molar-refractivity contribution in [1.29, 1.82) is 0 Å². The number of amides is 1. The molecule has 162 valence electrons. The van der Waals surface area contributed by atoms with Crippen molar-refractivity contribution in [3.63, 3.8) is 0 Å². The summed E-state index contributed by atoms with van der Waals surface area (Å²) in [6, 6.07) is 23.6. The van der Waals surface area contributed by atoms with Gasteiger partial charge in [-0.25, -0.2) is 4.98 Å². The zero-order chi connectivity index (χ0) is 22.1. The first-order valence-electron chi connectivity index (χ1n) is 10.8. The topological polar surface area (TPSA) is 47.4 Å². The summed E-state index contributed by atoms with van der Waals surface area (Å²) in [6.45, 7) is 3.72. The molecule has 6 heteroatoms. The Morgan fingerprint density at radius 3 is 2.66 bits per heavy atom. The number of imidazole rings is 1. The molecule has 0 saturated carbocycles. The highest BCUT2D eigenvalue weighted by Gasteiger charge is 2.35. The van der Waals surface area contributed by atoms with E-state index >= 15 is 0 Å². The molecule has 0 N–H and O–H groups in total. The SMILES string of the molecule is Cc1c(Cl)cccc1N1C[C@@H](c2nc3ccccc3n2CCOc2ccccc2)CC1=O. The zero-order valence-electron chi connectivity index (χ0n) is 17.9. The van der Waals surface area contributed by atoms with Crippen LogP contribution >= 0.6 is 11.6 Å². The number of carbonyl (C=O) groups excluding carboxylic acids is 1. The van der Waals surface area contributed by atoms with Crippen LogP contribution in [-0.2, 0) is 11.3 Å². The van der Waals surface area contributed by atoms with Crippen LogP contribution in [0.4, 0.5) is 5.69 Å². The molecule has 3 aromatic carbocycles. The molecule has 0 radical (unpaired) electrons. The molecule has 1 atom stereocenters. The summed E-state index contributed by atoms with van der Waals surface area (Å²) in [7, 11) is 0. The molecular weight excluding hydrogens is 422 g/mol. The molecule has 1 saturated heterocycles. The molecule has 5 rings (SSSR count). The van der Waals surface area contributed by atoms with Crippen LogP contribution in [0.2, 0.25) is 5.02 Å². The third-order valence-corrected chi connectivity index (χ3v) is 6.44. The minimum absolute atomic E-state index is 0.00464. The summed E-state index contributed by atoms with van der Waals surface area (Å²) in [4.78, 5) is 19.7. The third kappa shape index (κ3) is 3.84. The smallest absolute Gasteiger partial charge is 0.227 e. The maximum atomic E-state index is 13.0. The van der Waals surface area contributed by atoms with E-state index in [1.54, 1.807) is 0 Å². The van der Waals surface area contributed by atoms with Gasteiger partial charge in [-0.3, -0.25) is 4.79 Å². The number of hydrogen-bond donors (Lipinski definition) is 0. The Labute approximate surface area is 192 Å². The fourth-order valence-corrected chi connectivity index (χ4v) is 4.58. The van der Waals surface area contributed by atoms with E-state index in [0.29, 0.717) is 31.1 Å². The van der Waals surface area contributed by atoms with Crippen LogP contribution in [0, 0.1) is 6.92 Å². The molecule has 4 aromatic rings. The van der Waals surface area contributed by atoms with E-state index in [1.165, 1.54) is 0 Å². The second-order valence-electron chi connectivity index (χ2n) is 8.06. The summed E-state index contributed by atoms with van der Waals surface area (Å²) in [5.41, 5.74) is 3.80. The van der Waals surface area contributed by atoms with Crippen LogP contribution in [-0.4, -0.2) is 28.6 Å². The van der Waals surface area contributed by atoms with Crippen molar-refractivity contribution in [2.75, 3.05) is 18.1 Å². The monoisotopic (exact) mass is 445 g/mol. The fourth-order valence-electron chi connectivity index (χ4n) is 4.41. The van der Waals surface area contributed by atoms with E-state index < -0.39 is 0 Å². The van der Waals surface area contributed by atoms with Crippen molar-refractivity contribution < 1.29 is 9.53 Å². The summed E-state index contributed by atoms with van der Waals surface area (Å²) in [6.07, 6.45) is 0.425. The summed E-state index contributed by atoms with van der Waals surface area (Å²) >= 11 is 6.31. The number of benzene rings is 3. The Morgan fingerprint density at radius 1 is 1.03 bits per heavy atom. The van der Waals surface area contributed by atoms with Crippen molar-refractivity contribution in [3.8, 4) is 5.75 Å². The lowest BCUT2D eigenvalue weighted by atomic mass is 10.1. The second kappa shape index (κ2) is 8.67. The summed E-state index contributed by atoms with van der Waals surface area (Å²) in [5.74, 6) is 1.88. The van der Waals surface area contributed by atoms with Crippen molar-refractivity contribution in [3.05, 3.63) is 89.2 Å². The van der Waals surface area contributed by atoms with Gasteiger partial charge >= 0.3 is 0 Å². The predicted octanol–water partition coefficient (Wildman–Crippen LogP) is 5.60. The van der Waals surface area contributed by atoms with E-state index in [1.807, 2.05) is 78.6 Å². The van der Waals surface area contributed by atoms with Gasteiger partial charge in [0, 0.05) is 29.6 Å². The Hall–Kier alpha value is -3.31. The number of fused-ring (bicyclic) bond motifs is 1. The molecule has 0 unspecified atom stereocenters. The predicted molar refractivity (Wildman–Crippen MR) is 128 cm³/mol. The van der Waals surface area contributed by atoms with Crippen LogP contribution in [0.25, 0.3) is 11.0 Å². The molecule has 1 fully saturated rings. The van der Waals surface area contributed by atoms with Gasteiger partial charge in [0.2, 0.25) is 5.91 Å². The van der Waals surface area contributed by atoms with Crippen LogP contribution in [0.15, 0.2) is 72.8 Å². The number of aromatic nitrogens is 2. The molecule has 0 bridgehead atoms. The normalized spacial score (nSPS) is 16.1. The van der Waals surface area contributed by atoms with E-state index in [-0.39, 0.29) is 11.8 Å². The first-order chi connectivity index (χ1) is 15.6. The number of halogens is 1. The largest absolute Gasteiger partial charge is 0.492 e.